The maximum atomic E-state index is 13.2. The van der Waals surface area contributed by atoms with Crippen LogP contribution in [0.3, 0.4) is 0 Å². The predicted molar refractivity (Wildman–Crippen MR) is 143 cm³/mol. The van der Waals surface area contributed by atoms with Gasteiger partial charge in [-0.15, -0.1) is 0 Å². The molecule has 0 unspecified atom stereocenters. The summed E-state index contributed by atoms with van der Waals surface area (Å²) < 4.78 is 0. The third-order valence-electron chi connectivity index (χ3n) is 6.68. The molecule has 2 heterocycles. The summed E-state index contributed by atoms with van der Waals surface area (Å²) in [5.41, 5.74) is 6.56. The molecule has 0 aliphatic carbocycles. The zero-order valence-electron chi connectivity index (χ0n) is 20.2. The van der Waals surface area contributed by atoms with E-state index in [9.17, 15) is 14.4 Å². The van der Waals surface area contributed by atoms with Crippen molar-refractivity contribution in [3.63, 3.8) is 0 Å². The summed E-state index contributed by atoms with van der Waals surface area (Å²) in [4.78, 5) is 48.3. The maximum Gasteiger partial charge on any atom is 0.266 e. The molecule has 7 nitrogen and oxygen atoms in total. The molecule has 1 aromatic heterocycles. The molecule has 1 aliphatic rings. The van der Waals surface area contributed by atoms with Crippen molar-refractivity contribution in [1.29, 1.82) is 0 Å². The Morgan fingerprint density at radius 3 is 2.43 bits per heavy atom. The van der Waals surface area contributed by atoms with Gasteiger partial charge in [-0.05, 0) is 79.6 Å². The first-order valence-electron chi connectivity index (χ1n) is 11.9. The van der Waals surface area contributed by atoms with E-state index < -0.39 is 11.8 Å². The average Bonchev–Trinajstić information content (AvgIpc) is 3.45. The van der Waals surface area contributed by atoms with E-state index in [1.54, 1.807) is 18.2 Å². The average molecular weight is 487 g/mol. The number of imide groups is 1. The number of aryl methyl sites for hydroxylation is 2. The molecule has 6 rings (SSSR count). The Balaban J connectivity index is 1.25. The second-order valence-electron chi connectivity index (χ2n) is 9.11. The highest BCUT2D eigenvalue weighted by Gasteiger charge is 2.37. The molecule has 37 heavy (non-hydrogen) atoms. The van der Waals surface area contributed by atoms with Crippen molar-refractivity contribution in [3.05, 3.63) is 113 Å². The van der Waals surface area contributed by atoms with Gasteiger partial charge in [0.2, 0.25) is 0 Å². The first-order valence-corrected chi connectivity index (χ1v) is 11.9. The fourth-order valence-electron chi connectivity index (χ4n) is 4.52. The zero-order valence-corrected chi connectivity index (χ0v) is 20.2. The van der Waals surface area contributed by atoms with Gasteiger partial charge in [-0.3, -0.25) is 14.4 Å². The molecule has 1 aliphatic heterocycles. The van der Waals surface area contributed by atoms with Crippen LogP contribution < -0.4 is 10.2 Å². The number of imidazole rings is 1. The lowest BCUT2D eigenvalue weighted by Gasteiger charge is -2.15. The van der Waals surface area contributed by atoms with E-state index in [2.05, 4.69) is 15.3 Å². The molecule has 0 saturated heterocycles. The number of benzene rings is 4. The second-order valence-corrected chi connectivity index (χ2v) is 9.11. The first kappa shape index (κ1) is 22.4. The lowest BCUT2D eigenvalue weighted by molar-refractivity contribution is 0.0925. The number of para-hydroxylation sites is 2. The van der Waals surface area contributed by atoms with Crippen molar-refractivity contribution < 1.29 is 14.4 Å². The highest BCUT2D eigenvalue weighted by atomic mass is 16.2. The van der Waals surface area contributed by atoms with Crippen LogP contribution >= 0.6 is 0 Å². The number of amides is 3. The van der Waals surface area contributed by atoms with Crippen molar-refractivity contribution >= 4 is 40.1 Å². The first-order chi connectivity index (χ1) is 17.9. The number of anilines is 2. The number of hydrogen-bond donors (Lipinski definition) is 2. The molecule has 4 aromatic carbocycles. The molecule has 0 spiro atoms. The minimum absolute atomic E-state index is 0.215. The fraction of sp³-hybridized carbons (Fsp3) is 0.0667. The molecule has 7 heteroatoms. The highest BCUT2D eigenvalue weighted by Crippen LogP contribution is 2.31. The number of H-pyrrole nitrogens is 1. The largest absolute Gasteiger partial charge is 0.338 e. The fourth-order valence-corrected chi connectivity index (χ4v) is 4.52. The summed E-state index contributed by atoms with van der Waals surface area (Å²) in [6.07, 6.45) is 0. The molecule has 180 valence electrons. The van der Waals surface area contributed by atoms with Gasteiger partial charge in [0.1, 0.15) is 5.82 Å². The Hall–Kier alpha value is -5.04. The summed E-state index contributed by atoms with van der Waals surface area (Å²) in [7, 11) is 0. The molecule has 0 atom stereocenters. The highest BCUT2D eigenvalue weighted by molar-refractivity contribution is 6.34. The second kappa shape index (κ2) is 8.57. The number of nitrogens with one attached hydrogen (secondary N) is 2. The standard InChI is InChI=1S/C30H22N4O3/c1-17-10-12-22(14-18(17)2)34-29(36)23-13-11-20(16-24(23)30(34)37)28(35)31-21-7-5-6-19(15-21)27-32-25-8-3-4-9-26(25)33-27/h3-16H,1-2H3,(H,31,35)(H,32,33). The Bertz CT molecular complexity index is 1720. The maximum absolute atomic E-state index is 13.2. The number of aromatic nitrogens is 2. The molecule has 2 N–H and O–H groups in total. The Kier molecular flexibility index (Phi) is 5.19. The predicted octanol–water partition coefficient (Wildman–Crippen LogP) is 5.90. The minimum atomic E-state index is -0.440. The molecule has 0 fully saturated rings. The van der Waals surface area contributed by atoms with E-state index in [4.69, 9.17) is 0 Å². The van der Waals surface area contributed by atoms with Crippen molar-refractivity contribution in [1.82, 2.24) is 9.97 Å². The van der Waals surface area contributed by atoms with E-state index in [0.29, 0.717) is 17.2 Å². The van der Waals surface area contributed by atoms with Crippen LogP contribution in [0.5, 0.6) is 0 Å². The van der Waals surface area contributed by atoms with Crippen LogP contribution in [0.4, 0.5) is 11.4 Å². The number of nitrogens with zero attached hydrogens (tertiary/aromatic N) is 2. The Morgan fingerprint density at radius 2 is 1.62 bits per heavy atom. The van der Waals surface area contributed by atoms with Gasteiger partial charge in [0, 0.05) is 16.8 Å². The minimum Gasteiger partial charge on any atom is -0.338 e. The topological polar surface area (TPSA) is 95.2 Å². The van der Waals surface area contributed by atoms with Gasteiger partial charge in [0.25, 0.3) is 17.7 Å². The van der Waals surface area contributed by atoms with Crippen LogP contribution in [-0.4, -0.2) is 27.7 Å². The number of rotatable bonds is 4. The van der Waals surface area contributed by atoms with E-state index in [1.165, 1.54) is 12.1 Å². The van der Waals surface area contributed by atoms with Gasteiger partial charge < -0.3 is 10.3 Å². The smallest absolute Gasteiger partial charge is 0.266 e. The molecular weight excluding hydrogens is 464 g/mol. The summed E-state index contributed by atoms with van der Waals surface area (Å²) in [5.74, 6) is -0.515. The lowest BCUT2D eigenvalue weighted by Crippen LogP contribution is -2.29. The van der Waals surface area contributed by atoms with Crippen molar-refractivity contribution in [2.45, 2.75) is 13.8 Å². The molecule has 0 radical (unpaired) electrons. The van der Waals surface area contributed by atoms with Crippen molar-refractivity contribution in [2.24, 2.45) is 0 Å². The monoisotopic (exact) mass is 486 g/mol. The van der Waals surface area contributed by atoms with Gasteiger partial charge in [-0.25, -0.2) is 9.88 Å². The lowest BCUT2D eigenvalue weighted by atomic mass is 10.1. The summed E-state index contributed by atoms with van der Waals surface area (Å²) in [6, 6.07) is 25.2. The van der Waals surface area contributed by atoms with E-state index in [1.807, 2.05) is 68.4 Å². The van der Waals surface area contributed by atoms with Crippen LogP contribution in [0.1, 0.15) is 42.2 Å². The van der Waals surface area contributed by atoms with Gasteiger partial charge >= 0.3 is 0 Å². The summed E-state index contributed by atoms with van der Waals surface area (Å²) >= 11 is 0. The Labute approximate surface area is 212 Å². The SMILES string of the molecule is Cc1ccc(N2C(=O)c3ccc(C(=O)Nc4cccc(-c5nc6ccccc6[nH]5)c4)cc3C2=O)cc1C. The Morgan fingerprint density at radius 1 is 0.811 bits per heavy atom. The van der Waals surface area contributed by atoms with E-state index >= 15 is 0 Å². The van der Waals surface area contributed by atoms with Gasteiger partial charge in [-0.1, -0.05) is 30.3 Å². The van der Waals surface area contributed by atoms with Crippen LogP contribution in [0.2, 0.25) is 0 Å². The van der Waals surface area contributed by atoms with Gasteiger partial charge in [-0.2, -0.15) is 0 Å². The summed E-state index contributed by atoms with van der Waals surface area (Å²) in [6.45, 7) is 3.90. The third kappa shape index (κ3) is 3.87. The zero-order chi connectivity index (χ0) is 25.7. The normalized spacial score (nSPS) is 12.8. The van der Waals surface area contributed by atoms with Crippen LogP contribution in [0, 0.1) is 13.8 Å². The van der Waals surface area contributed by atoms with Gasteiger partial charge in [0.15, 0.2) is 0 Å². The molecule has 0 bridgehead atoms. The summed E-state index contributed by atoms with van der Waals surface area (Å²) in [5, 5.41) is 2.89. The van der Waals surface area contributed by atoms with Crippen molar-refractivity contribution in [2.75, 3.05) is 10.2 Å². The third-order valence-corrected chi connectivity index (χ3v) is 6.68. The van der Waals surface area contributed by atoms with Gasteiger partial charge in [0.05, 0.1) is 27.8 Å². The van der Waals surface area contributed by atoms with Crippen LogP contribution in [0.25, 0.3) is 22.4 Å². The van der Waals surface area contributed by atoms with Crippen molar-refractivity contribution in [3.8, 4) is 11.4 Å². The molecule has 3 amide bonds. The van der Waals surface area contributed by atoms with E-state index in [0.717, 1.165) is 32.6 Å². The van der Waals surface area contributed by atoms with E-state index in [-0.39, 0.29) is 22.6 Å². The number of carbonyl (C=O) groups is 3. The quantitative estimate of drug-likeness (QED) is 0.309. The van der Waals surface area contributed by atoms with Crippen LogP contribution in [0.15, 0.2) is 84.9 Å². The molecule has 0 saturated carbocycles. The number of hydrogen-bond acceptors (Lipinski definition) is 4. The molecular formula is C30H22N4O3. The van der Waals surface area contributed by atoms with Crippen LogP contribution in [-0.2, 0) is 0 Å². The molecule has 5 aromatic rings. The number of aromatic amines is 1. The number of fused-ring (bicyclic) bond motifs is 2. The number of carbonyl (C=O) groups excluding carboxylic acids is 3.